The molecule has 3 aromatic rings. The molecule has 11 heteroatoms. The molecule has 0 unspecified atom stereocenters. The molecular weight excluding hydrogens is 447 g/mol. The smallest absolute Gasteiger partial charge is 0.348 e. The number of fused-ring (bicyclic) bond motifs is 1. The maximum Gasteiger partial charge on any atom is 0.416 e. The van der Waals surface area contributed by atoms with Gasteiger partial charge in [0.2, 0.25) is 5.91 Å². The topological polar surface area (TPSA) is 71.0 Å². The van der Waals surface area contributed by atoms with Crippen molar-refractivity contribution in [3.8, 4) is 0 Å². The predicted molar refractivity (Wildman–Crippen MR) is 117 cm³/mol. The second-order valence-corrected chi connectivity index (χ2v) is 9.38. The first kappa shape index (κ1) is 21.8. The molecule has 0 spiro atoms. The summed E-state index contributed by atoms with van der Waals surface area (Å²) in [4.78, 5) is 27.7. The number of alkyl halides is 3. The molecule has 0 radical (unpaired) electrons. The van der Waals surface area contributed by atoms with Gasteiger partial charge in [0.1, 0.15) is 16.1 Å². The quantitative estimate of drug-likeness (QED) is 0.417. The van der Waals surface area contributed by atoms with Crippen LogP contribution >= 0.6 is 23.1 Å². The first-order chi connectivity index (χ1) is 14.8. The summed E-state index contributed by atoms with van der Waals surface area (Å²) in [6.45, 7) is 4.14. The van der Waals surface area contributed by atoms with Crippen LogP contribution in [0.25, 0.3) is 10.3 Å². The summed E-state index contributed by atoms with van der Waals surface area (Å²) in [5.74, 6) is 0.210. The highest BCUT2D eigenvalue weighted by atomic mass is 32.2. The Morgan fingerprint density at radius 2 is 2.19 bits per heavy atom. The number of hydrogen-bond donors (Lipinski definition) is 1. The number of thiazole rings is 1. The molecule has 6 nitrogen and oxygen atoms in total. The van der Waals surface area contributed by atoms with Crippen LogP contribution in [0.1, 0.15) is 25.3 Å². The SMILES string of the molecule is C[C@H]1CCCN(c2nc3ncnc(SCC(=O)Nc4cccc(C(F)(F)F)c4)c3s2)C1. The zero-order chi connectivity index (χ0) is 22.0. The fourth-order valence-electron chi connectivity index (χ4n) is 3.43. The average molecular weight is 468 g/mol. The summed E-state index contributed by atoms with van der Waals surface area (Å²) in [7, 11) is 0. The molecule has 4 rings (SSSR count). The molecule has 164 valence electrons. The minimum absolute atomic E-state index is 0.0103. The fourth-order valence-corrected chi connectivity index (χ4v) is 5.35. The van der Waals surface area contributed by atoms with Crippen LogP contribution in [0, 0.1) is 5.92 Å². The number of nitrogens with zero attached hydrogens (tertiary/aromatic N) is 4. The van der Waals surface area contributed by atoms with Crippen molar-refractivity contribution < 1.29 is 18.0 Å². The minimum Gasteiger partial charge on any atom is -0.348 e. The molecule has 31 heavy (non-hydrogen) atoms. The monoisotopic (exact) mass is 467 g/mol. The van der Waals surface area contributed by atoms with Gasteiger partial charge < -0.3 is 10.2 Å². The summed E-state index contributed by atoms with van der Waals surface area (Å²) in [6.07, 6.45) is -0.709. The van der Waals surface area contributed by atoms with E-state index in [9.17, 15) is 18.0 Å². The Bertz CT molecular complexity index is 1090. The zero-order valence-electron chi connectivity index (χ0n) is 16.6. The Labute approximate surface area is 185 Å². The molecule has 1 aliphatic heterocycles. The molecule has 0 bridgehead atoms. The normalized spacial score (nSPS) is 17.2. The highest BCUT2D eigenvalue weighted by Crippen LogP contribution is 2.35. The summed E-state index contributed by atoms with van der Waals surface area (Å²) in [5.41, 5.74) is -0.110. The second kappa shape index (κ2) is 8.99. The van der Waals surface area contributed by atoms with Crippen molar-refractivity contribution in [2.75, 3.05) is 29.1 Å². The van der Waals surface area contributed by atoms with Crippen LogP contribution in [0.3, 0.4) is 0 Å². The van der Waals surface area contributed by atoms with Gasteiger partial charge in [0.25, 0.3) is 0 Å². The molecule has 1 fully saturated rings. The standard InChI is InChI=1S/C20H20F3N5OS2/c1-12-4-3-7-28(9-12)19-27-17-16(31-19)18(25-11-24-17)30-10-15(29)26-14-6-2-5-13(8-14)20(21,22)23/h2,5-6,8,11-12H,3-4,7,9-10H2,1H3,(H,26,29)/t12-/m0/s1. The second-order valence-electron chi connectivity index (χ2n) is 7.44. The lowest BCUT2D eigenvalue weighted by Gasteiger charge is -2.30. The molecule has 1 aliphatic rings. The van der Waals surface area contributed by atoms with Crippen molar-refractivity contribution in [1.82, 2.24) is 15.0 Å². The predicted octanol–water partition coefficient (Wildman–Crippen LogP) is 5.07. The number of nitrogens with one attached hydrogen (secondary N) is 1. The van der Waals surface area contributed by atoms with Crippen LogP contribution in [-0.2, 0) is 11.0 Å². The van der Waals surface area contributed by atoms with Crippen LogP contribution in [0.15, 0.2) is 35.6 Å². The summed E-state index contributed by atoms with van der Waals surface area (Å²) >= 11 is 2.72. The van der Waals surface area contributed by atoms with E-state index in [2.05, 4.69) is 32.1 Å². The first-order valence-electron chi connectivity index (χ1n) is 9.76. The maximum absolute atomic E-state index is 12.8. The Morgan fingerprint density at radius 1 is 1.35 bits per heavy atom. The van der Waals surface area contributed by atoms with E-state index in [4.69, 9.17) is 0 Å². The minimum atomic E-state index is -4.46. The number of aromatic nitrogens is 3. The van der Waals surface area contributed by atoms with Gasteiger partial charge in [-0.25, -0.2) is 9.97 Å². The Hall–Kier alpha value is -2.40. The van der Waals surface area contributed by atoms with Crippen molar-refractivity contribution in [3.05, 3.63) is 36.2 Å². The van der Waals surface area contributed by atoms with Crippen molar-refractivity contribution >= 4 is 50.2 Å². The van der Waals surface area contributed by atoms with Gasteiger partial charge >= 0.3 is 6.18 Å². The highest BCUT2D eigenvalue weighted by molar-refractivity contribution is 8.00. The van der Waals surface area contributed by atoms with Gasteiger partial charge in [-0.1, -0.05) is 36.1 Å². The van der Waals surface area contributed by atoms with Crippen LogP contribution < -0.4 is 10.2 Å². The number of thioether (sulfide) groups is 1. The van der Waals surface area contributed by atoms with Crippen LogP contribution in [0.5, 0.6) is 0 Å². The third kappa shape index (κ3) is 5.27. The Morgan fingerprint density at radius 3 is 2.97 bits per heavy atom. The van der Waals surface area contributed by atoms with E-state index < -0.39 is 17.6 Å². The lowest BCUT2D eigenvalue weighted by atomic mass is 10.0. The average Bonchev–Trinajstić information content (AvgIpc) is 3.17. The zero-order valence-corrected chi connectivity index (χ0v) is 18.3. The van der Waals surface area contributed by atoms with Gasteiger partial charge in [0.15, 0.2) is 10.8 Å². The van der Waals surface area contributed by atoms with E-state index >= 15 is 0 Å². The van der Waals surface area contributed by atoms with E-state index in [1.807, 2.05) is 0 Å². The lowest BCUT2D eigenvalue weighted by molar-refractivity contribution is -0.137. The van der Waals surface area contributed by atoms with Crippen molar-refractivity contribution in [1.29, 1.82) is 0 Å². The van der Waals surface area contributed by atoms with Gasteiger partial charge in [-0.3, -0.25) is 4.79 Å². The number of anilines is 2. The number of benzene rings is 1. The van der Waals surface area contributed by atoms with E-state index in [1.54, 1.807) is 0 Å². The fraction of sp³-hybridized carbons (Fsp3) is 0.400. The van der Waals surface area contributed by atoms with Crippen LogP contribution in [0.2, 0.25) is 0 Å². The molecule has 1 saturated heterocycles. The molecule has 0 saturated carbocycles. The lowest BCUT2D eigenvalue weighted by Crippen LogP contribution is -2.34. The number of rotatable bonds is 5. The summed E-state index contributed by atoms with van der Waals surface area (Å²) < 4.78 is 39.3. The highest BCUT2D eigenvalue weighted by Gasteiger charge is 2.30. The van der Waals surface area contributed by atoms with E-state index in [1.165, 1.54) is 48.0 Å². The summed E-state index contributed by atoms with van der Waals surface area (Å²) in [6, 6.07) is 4.57. The van der Waals surface area contributed by atoms with Crippen molar-refractivity contribution in [3.63, 3.8) is 0 Å². The Kier molecular flexibility index (Phi) is 6.33. The number of carbonyl (C=O) groups is 1. The Balaban J connectivity index is 1.43. The number of halogens is 3. The number of piperidine rings is 1. The van der Waals surface area contributed by atoms with Gasteiger partial charge in [-0.05, 0) is 37.0 Å². The maximum atomic E-state index is 12.8. The van der Waals surface area contributed by atoms with Gasteiger partial charge in [0.05, 0.1) is 11.3 Å². The van der Waals surface area contributed by atoms with E-state index in [0.29, 0.717) is 16.6 Å². The number of carbonyl (C=O) groups excluding carboxylic acids is 1. The van der Waals surface area contributed by atoms with Crippen LogP contribution in [0.4, 0.5) is 24.0 Å². The van der Waals surface area contributed by atoms with E-state index in [-0.39, 0.29) is 11.4 Å². The van der Waals surface area contributed by atoms with Gasteiger partial charge in [0, 0.05) is 18.8 Å². The van der Waals surface area contributed by atoms with Crippen molar-refractivity contribution in [2.45, 2.75) is 31.0 Å². The third-order valence-electron chi connectivity index (χ3n) is 4.89. The third-order valence-corrected chi connectivity index (χ3v) is 7.12. The molecule has 1 N–H and O–H groups in total. The number of hydrogen-bond acceptors (Lipinski definition) is 7. The molecule has 0 aliphatic carbocycles. The molecule has 2 aromatic heterocycles. The first-order valence-corrected chi connectivity index (χ1v) is 11.6. The van der Waals surface area contributed by atoms with Crippen LogP contribution in [-0.4, -0.2) is 39.7 Å². The largest absolute Gasteiger partial charge is 0.416 e. The van der Waals surface area contributed by atoms with Gasteiger partial charge in [-0.2, -0.15) is 18.2 Å². The van der Waals surface area contributed by atoms with E-state index in [0.717, 1.165) is 41.5 Å². The van der Waals surface area contributed by atoms with Gasteiger partial charge in [-0.15, -0.1) is 0 Å². The molecule has 3 heterocycles. The van der Waals surface area contributed by atoms with Crippen molar-refractivity contribution in [2.24, 2.45) is 5.92 Å². The summed E-state index contributed by atoms with van der Waals surface area (Å²) in [5, 5.41) is 4.05. The molecular formula is C20H20F3N5OS2. The molecule has 1 atom stereocenters. The molecule has 1 amide bonds. The number of amides is 1. The molecule has 1 aromatic carbocycles.